The van der Waals surface area contributed by atoms with Crippen molar-refractivity contribution in [2.24, 2.45) is 11.8 Å². The summed E-state index contributed by atoms with van der Waals surface area (Å²) in [4.78, 5) is 12.8. The van der Waals surface area contributed by atoms with Gasteiger partial charge in [0.1, 0.15) is 5.75 Å². The van der Waals surface area contributed by atoms with Gasteiger partial charge in [-0.3, -0.25) is 4.79 Å². The van der Waals surface area contributed by atoms with Crippen LogP contribution in [0.4, 0.5) is 0 Å². The van der Waals surface area contributed by atoms with E-state index in [1.807, 2.05) is 36.4 Å². The van der Waals surface area contributed by atoms with Gasteiger partial charge >= 0.3 is 0 Å². The molecule has 0 heterocycles. The van der Waals surface area contributed by atoms with Gasteiger partial charge < -0.3 is 4.74 Å². The molecule has 2 rings (SSSR count). The lowest BCUT2D eigenvalue weighted by Gasteiger charge is -2.12. The minimum absolute atomic E-state index is 0.0516. The number of aryl methyl sites for hydroxylation is 1. The van der Waals surface area contributed by atoms with Crippen LogP contribution in [0.3, 0.4) is 0 Å². The van der Waals surface area contributed by atoms with Crippen LogP contribution in [0.1, 0.15) is 67.9 Å². The van der Waals surface area contributed by atoms with Crippen molar-refractivity contribution in [3.63, 3.8) is 0 Å². The van der Waals surface area contributed by atoms with E-state index in [0.717, 1.165) is 23.8 Å². The Morgan fingerprint density at radius 2 is 1.62 bits per heavy atom. The largest absolute Gasteiger partial charge is 0.497 e. The molecule has 26 heavy (non-hydrogen) atoms. The fraction of sp³-hybridized carbons (Fsp3) is 0.458. The number of ether oxygens (including phenoxy) is 1. The van der Waals surface area contributed by atoms with Crippen LogP contribution in [-0.2, 0) is 6.42 Å². The van der Waals surface area contributed by atoms with E-state index in [4.69, 9.17) is 4.74 Å². The maximum Gasteiger partial charge on any atom is 0.193 e. The Kier molecular flexibility index (Phi) is 7.90. The summed E-state index contributed by atoms with van der Waals surface area (Å²) in [6.45, 7) is 6.91. The molecular weight excluding hydrogens is 320 g/mol. The van der Waals surface area contributed by atoms with Crippen molar-refractivity contribution >= 4 is 5.78 Å². The first-order valence-electron chi connectivity index (χ1n) is 9.77. The average molecular weight is 353 g/mol. The predicted molar refractivity (Wildman–Crippen MR) is 109 cm³/mol. The molecule has 2 aromatic rings. The zero-order valence-corrected chi connectivity index (χ0v) is 16.6. The van der Waals surface area contributed by atoms with E-state index >= 15 is 0 Å². The number of hydrogen-bond acceptors (Lipinski definition) is 2. The number of ketones is 1. The highest BCUT2D eigenvalue weighted by Crippen LogP contribution is 2.20. The number of methoxy groups -OCH3 is 1. The number of carbonyl (C=O) groups is 1. The van der Waals surface area contributed by atoms with Crippen molar-refractivity contribution in [3.8, 4) is 5.75 Å². The Labute approximate surface area is 158 Å². The molecule has 0 saturated heterocycles. The second kappa shape index (κ2) is 10.2. The van der Waals surface area contributed by atoms with Crippen LogP contribution in [0.25, 0.3) is 0 Å². The molecule has 0 aromatic heterocycles. The molecule has 0 unspecified atom stereocenters. The van der Waals surface area contributed by atoms with Crippen molar-refractivity contribution in [1.82, 2.24) is 0 Å². The number of carbonyl (C=O) groups excluding carboxylic acids is 1. The van der Waals surface area contributed by atoms with E-state index in [-0.39, 0.29) is 5.78 Å². The highest BCUT2D eigenvalue weighted by molar-refractivity contribution is 6.09. The molecule has 1 atom stereocenters. The third kappa shape index (κ3) is 6.33. The molecule has 0 aliphatic carbocycles. The first kappa shape index (κ1) is 20.2. The van der Waals surface area contributed by atoms with Crippen LogP contribution < -0.4 is 4.74 Å². The first-order chi connectivity index (χ1) is 12.5. The van der Waals surface area contributed by atoms with E-state index in [2.05, 4.69) is 26.8 Å². The smallest absolute Gasteiger partial charge is 0.193 e. The lowest BCUT2D eigenvalue weighted by molar-refractivity contribution is 0.103. The van der Waals surface area contributed by atoms with Gasteiger partial charge in [0.25, 0.3) is 0 Å². The molecule has 0 fully saturated rings. The van der Waals surface area contributed by atoms with Crippen molar-refractivity contribution in [3.05, 3.63) is 65.2 Å². The van der Waals surface area contributed by atoms with Crippen LogP contribution in [-0.4, -0.2) is 12.9 Å². The van der Waals surface area contributed by atoms with Gasteiger partial charge in [-0.25, -0.2) is 0 Å². The third-order valence-corrected chi connectivity index (χ3v) is 4.93. The van der Waals surface area contributed by atoms with Crippen molar-refractivity contribution < 1.29 is 9.53 Å². The maximum atomic E-state index is 12.8. The summed E-state index contributed by atoms with van der Waals surface area (Å²) in [5, 5.41) is 0. The van der Waals surface area contributed by atoms with Crippen molar-refractivity contribution in [1.29, 1.82) is 0 Å². The Bertz CT molecular complexity index is 703. The minimum Gasteiger partial charge on any atom is -0.497 e. The molecule has 2 aromatic carbocycles. The molecule has 0 spiro atoms. The Balaban J connectivity index is 1.95. The summed E-state index contributed by atoms with van der Waals surface area (Å²) >= 11 is 0. The molecule has 140 valence electrons. The Hall–Kier alpha value is -2.09. The van der Waals surface area contributed by atoms with Gasteiger partial charge in [-0.2, -0.15) is 0 Å². The molecule has 2 heteroatoms. The average Bonchev–Trinajstić information content (AvgIpc) is 2.65. The summed E-state index contributed by atoms with van der Waals surface area (Å²) in [7, 11) is 1.62. The van der Waals surface area contributed by atoms with E-state index < -0.39 is 0 Å². The lowest BCUT2D eigenvalue weighted by atomic mass is 9.93. The Morgan fingerprint density at radius 3 is 2.31 bits per heavy atom. The molecule has 0 aliphatic heterocycles. The van der Waals surface area contributed by atoms with E-state index in [0.29, 0.717) is 11.3 Å². The van der Waals surface area contributed by atoms with Crippen LogP contribution in [0.2, 0.25) is 0 Å². The van der Waals surface area contributed by atoms with Crippen LogP contribution in [0, 0.1) is 11.8 Å². The molecular formula is C24H32O2. The van der Waals surface area contributed by atoms with Crippen LogP contribution in [0.5, 0.6) is 5.75 Å². The number of rotatable bonds is 10. The van der Waals surface area contributed by atoms with Gasteiger partial charge in [-0.1, -0.05) is 70.4 Å². The predicted octanol–water partition coefficient (Wildman–Crippen LogP) is 6.32. The number of benzene rings is 2. The first-order valence-corrected chi connectivity index (χ1v) is 9.77. The quantitative estimate of drug-likeness (QED) is 0.468. The Morgan fingerprint density at radius 1 is 0.923 bits per heavy atom. The summed E-state index contributed by atoms with van der Waals surface area (Å²) in [6.07, 6.45) is 6.12. The van der Waals surface area contributed by atoms with Crippen molar-refractivity contribution in [2.45, 2.75) is 52.9 Å². The summed E-state index contributed by atoms with van der Waals surface area (Å²) in [5.41, 5.74) is 2.67. The van der Waals surface area contributed by atoms with E-state index in [1.165, 1.54) is 31.2 Å². The molecule has 0 radical (unpaired) electrons. The summed E-state index contributed by atoms with van der Waals surface area (Å²) in [5.74, 6) is 2.28. The second-order valence-electron chi connectivity index (χ2n) is 7.73. The molecule has 0 N–H and O–H groups in total. The normalized spacial score (nSPS) is 12.2. The SMILES string of the molecule is COc1cccc(C(=O)c2cccc(CC[C@H](C)CCCC(C)C)c2)c1. The van der Waals surface area contributed by atoms with E-state index in [9.17, 15) is 4.79 Å². The monoisotopic (exact) mass is 352 g/mol. The molecule has 0 aliphatic rings. The van der Waals surface area contributed by atoms with Crippen LogP contribution in [0.15, 0.2) is 48.5 Å². The lowest BCUT2D eigenvalue weighted by Crippen LogP contribution is -2.03. The highest BCUT2D eigenvalue weighted by Gasteiger charge is 2.11. The van der Waals surface area contributed by atoms with Gasteiger partial charge in [0.15, 0.2) is 5.78 Å². The molecule has 0 amide bonds. The summed E-state index contributed by atoms with van der Waals surface area (Å²) in [6, 6.07) is 15.4. The van der Waals surface area contributed by atoms with Crippen molar-refractivity contribution in [2.75, 3.05) is 7.11 Å². The third-order valence-electron chi connectivity index (χ3n) is 4.93. The fourth-order valence-corrected chi connectivity index (χ4v) is 3.23. The van der Waals surface area contributed by atoms with Gasteiger partial charge in [0.2, 0.25) is 0 Å². The van der Waals surface area contributed by atoms with Gasteiger partial charge in [-0.05, 0) is 48.4 Å². The maximum absolute atomic E-state index is 12.8. The molecule has 2 nitrogen and oxygen atoms in total. The summed E-state index contributed by atoms with van der Waals surface area (Å²) < 4.78 is 5.22. The van der Waals surface area contributed by atoms with Gasteiger partial charge in [0, 0.05) is 11.1 Å². The zero-order valence-electron chi connectivity index (χ0n) is 16.6. The zero-order chi connectivity index (χ0) is 18.9. The van der Waals surface area contributed by atoms with E-state index in [1.54, 1.807) is 13.2 Å². The minimum atomic E-state index is 0.0516. The fourth-order valence-electron chi connectivity index (χ4n) is 3.23. The van der Waals surface area contributed by atoms with Crippen LogP contribution >= 0.6 is 0 Å². The standard InChI is InChI=1S/C24H32O2/c1-18(2)8-5-9-19(3)14-15-20-10-6-11-21(16-20)24(25)22-12-7-13-23(17-22)26-4/h6-7,10-13,16-19H,5,8-9,14-15H2,1-4H3/t19-/m1/s1. The molecule has 0 saturated carbocycles. The topological polar surface area (TPSA) is 26.3 Å². The second-order valence-corrected chi connectivity index (χ2v) is 7.73. The molecule has 0 bridgehead atoms. The van der Waals surface area contributed by atoms with Gasteiger partial charge in [0.05, 0.1) is 7.11 Å². The van der Waals surface area contributed by atoms with Gasteiger partial charge in [-0.15, -0.1) is 0 Å². The number of hydrogen-bond donors (Lipinski definition) is 0. The highest BCUT2D eigenvalue weighted by atomic mass is 16.5.